The van der Waals surface area contributed by atoms with E-state index < -0.39 is 0 Å². The van der Waals surface area contributed by atoms with Crippen molar-refractivity contribution >= 4 is 5.97 Å². The molecule has 4 nitrogen and oxygen atoms in total. The van der Waals surface area contributed by atoms with Crippen LogP contribution in [0.2, 0.25) is 0 Å². The fraction of sp³-hybridized carbons (Fsp3) is 0.364. The molecule has 0 spiro atoms. The van der Waals surface area contributed by atoms with Gasteiger partial charge in [-0.1, -0.05) is 6.07 Å². The molecule has 0 saturated carbocycles. The fourth-order valence-electron chi connectivity index (χ4n) is 1.74. The van der Waals surface area contributed by atoms with Gasteiger partial charge in [-0.3, -0.25) is 0 Å². The molecule has 4 heteroatoms. The SMILES string of the molecule is COC(=O)c1cccc2c1CC(CO)O2. The first-order valence-electron chi connectivity index (χ1n) is 4.74. The summed E-state index contributed by atoms with van der Waals surface area (Å²) in [6, 6.07) is 5.23. The van der Waals surface area contributed by atoms with E-state index >= 15 is 0 Å². The molecule has 1 aromatic carbocycles. The summed E-state index contributed by atoms with van der Waals surface area (Å²) in [6.07, 6.45) is 0.308. The molecule has 15 heavy (non-hydrogen) atoms. The molecule has 0 aromatic heterocycles. The molecular weight excluding hydrogens is 196 g/mol. The van der Waals surface area contributed by atoms with Gasteiger partial charge in [-0.25, -0.2) is 4.79 Å². The van der Waals surface area contributed by atoms with Gasteiger partial charge in [-0.05, 0) is 12.1 Å². The van der Waals surface area contributed by atoms with Crippen LogP contribution in [0.1, 0.15) is 15.9 Å². The van der Waals surface area contributed by atoms with Crippen molar-refractivity contribution in [3.05, 3.63) is 29.3 Å². The van der Waals surface area contributed by atoms with Gasteiger partial charge in [0.25, 0.3) is 0 Å². The maximum absolute atomic E-state index is 11.4. The quantitative estimate of drug-likeness (QED) is 0.729. The molecule has 1 aliphatic heterocycles. The van der Waals surface area contributed by atoms with Gasteiger partial charge < -0.3 is 14.6 Å². The van der Waals surface area contributed by atoms with Gasteiger partial charge >= 0.3 is 5.97 Å². The molecule has 1 aliphatic rings. The van der Waals surface area contributed by atoms with Crippen molar-refractivity contribution in [1.29, 1.82) is 0 Å². The van der Waals surface area contributed by atoms with E-state index in [0.717, 1.165) is 5.56 Å². The van der Waals surface area contributed by atoms with Crippen LogP contribution in [0, 0.1) is 0 Å². The lowest BCUT2D eigenvalue weighted by molar-refractivity contribution is 0.0599. The van der Waals surface area contributed by atoms with E-state index in [1.165, 1.54) is 7.11 Å². The summed E-state index contributed by atoms with van der Waals surface area (Å²) >= 11 is 0. The van der Waals surface area contributed by atoms with E-state index in [9.17, 15) is 4.79 Å². The van der Waals surface area contributed by atoms with Gasteiger partial charge in [0.05, 0.1) is 19.3 Å². The molecular formula is C11H12O4. The number of benzene rings is 1. The van der Waals surface area contributed by atoms with Crippen LogP contribution in [0.5, 0.6) is 5.75 Å². The number of rotatable bonds is 2. The summed E-state index contributed by atoms with van der Waals surface area (Å²) in [4.78, 5) is 11.4. The van der Waals surface area contributed by atoms with Crippen molar-refractivity contribution in [2.24, 2.45) is 0 Å². The van der Waals surface area contributed by atoms with Gasteiger partial charge in [0.15, 0.2) is 0 Å². The van der Waals surface area contributed by atoms with Gasteiger partial charge in [0, 0.05) is 12.0 Å². The highest BCUT2D eigenvalue weighted by molar-refractivity contribution is 5.92. The van der Waals surface area contributed by atoms with Crippen molar-refractivity contribution in [3.8, 4) is 5.75 Å². The maximum atomic E-state index is 11.4. The number of esters is 1. The third-order valence-electron chi connectivity index (χ3n) is 2.47. The topological polar surface area (TPSA) is 55.8 Å². The number of fused-ring (bicyclic) bond motifs is 1. The molecule has 1 aromatic rings. The predicted molar refractivity (Wildman–Crippen MR) is 53.0 cm³/mol. The first-order valence-corrected chi connectivity index (χ1v) is 4.74. The van der Waals surface area contributed by atoms with Crippen molar-refractivity contribution in [2.45, 2.75) is 12.5 Å². The summed E-state index contributed by atoms with van der Waals surface area (Å²) in [7, 11) is 1.35. The van der Waals surface area contributed by atoms with Crippen LogP contribution in [0.4, 0.5) is 0 Å². The Hall–Kier alpha value is -1.55. The number of aliphatic hydroxyl groups excluding tert-OH is 1. The van der Waals surface area contributed by atoms with Crippen molar-refractivity contribution < 1.29 is 19.4 Å². The monoisotopic (exact) mass is 208 g/mol. The third-order valence-corrected chi connectivity index (χ3v) is 2.47. The zero-order valence-corrected chi connectivity index (χ0v) is 8.40. The number of carbonyl (C=O) groups excluding carboxylic acids is 1. The molecule has 1 atom stereocenters. The van der Waals surface area contributed by atoms with Crippen LogP contribution in [-0.4, -0.2) is 30.9 Å². The van der Waals surface area contributed by atoms with E-state index in [1.807, 2.05) is 0 Å². The lowest BCUT2D eigenvalue weighted by atomic mass is 10.0. The van der Waals surface area contributed by atoms with Gasteiger partial charge in [0.2, 0.25) is 0 Å². The van der Waals surface area contributed by atoms with E-state index in [0.29, 0.717) is 17.7 Å². The van der Waals surface area contributed by atoms with E-state index in [-0.39, 0.29) is 18.7 Å². The van der Waals surface area contributed by atoms with Crippen molar-refractivity contribution in [3.63, 3.8) is 0 Å². The van der Waals surface area contributed by atoms with Gasteiger partial charge in [-0.15, -0.1) is 0 Å². The highest BCUT2D eigenvalue weighted by Crippen LogP contribution is 2.31. The Labute approximate surface area is 87.4 Å². The second-order valence-corrected chi connectivity index (χ2v) is 3.40. The van der Waals surface area contributed by atoms with Crippen LogP contribution in [-0.2, 0) is 11.2 Å². The molecule has 1 unspecified atom stereocenters. The molecule has 1 N–H and O–H groups in total. The van der Waals surface area contributed by atoms with E-state index in [2.05, 4.69) is 4.74 Å². The largest absolute Gasteiger partial charge is 0.487 e. The Morgan fingerprint density at radius 1 is 1.67 bits per heavy atom. The Morgan fingerprint density at radius 2 is 2.47 bits per heavy atom. The number of hydrogen-bond acceptors (Lipinski definition) is 4. The predicted octanol–water partition coefficient (Wildman–Crippen LogP) is 0.769. The molecule has 0 bridgehead atoms. The van der Waals surface area contributed by atoms with Crippen LogP contribution in [0.3, 0.4) is 0 Å². The molecule has 80 valence electrons. The highest BCUT2D eigenvalue weighted by Gasteiger charge is 2.26. The minimum atomic E-state index is -0.367. The van der Waals surface area contributed by atoms with Crippen molar-refractivity contribution in [2.75, 3.05) is 13.7 Å². The fourth-order valence-corrected chi connectivity index (χ4v) is 1.74. The van der Waals surface area contributed by atoms with Gasteiger partial charge in [-0.2, -0.15) is 0 Å². The first-order chi connectivity index (χ1) is 7.26. The average Bonchev–Trinajstić information content (AvgIpc) is 2.70. The maximum Gasteiger partial charge on any atom is 0.338 e. The summed E-state index contributed by atoms with van der Waals surface area (Å²) in [5, 5.41) is 8.98. The summed E-state index contributed by atoms with van der Waals surface area (Å²) in [6.45, 7) is -0.0463. The first kappa shape index (κ1) is 9.98. The zero-order valence-electron chi connectivity index (χ0n) is 8.40. The summed E-state index contributed by atoms with van der Waals surface area (Å²) in [5.41, 5.74) is 1.34. The Balaban J connectivity index is 2.37. The lowest BCUT2D eigenvalue weighted by Crippen LogP contribution is -2.17. The number of carbonyl (C=O) groups is 1. The van der Waals surface area contributed by atoms with E-state index in [1.54, 1.807) is 18.2 Å². The zero-order chi connectivity index (χ0) is 10.8. The van der Waals surface area contributed by atoms with Crippen LogP contribution < -0.4 is 4.74 Å². The number of hydrogen-bond donors (Lipinski definition) is 1. The number of methoxy groups -OCH3 is 1. The van der Waals surface area contributed by atoms with Crippen molar-refractivity contribution in [1.82, 2.24) is 0 Å². The molecule has 0 saturated heterocycles. The summed E-state index contributed by atoms with van der Waals surface area (Å²) < 4.78 is 10.1. The molecule has 0 amide bonds. The molecule has 1 heterocycles. The summed E-state index contributed by atoms with van der Waals surface area (Å²) in [5.74, 6) is 0.297. The van der Waals surface area contributed by atoms with Crippen LogP contribution >= 0.6 is 0 Å². The second kappa shape index (κ2) is 3.90. The van der Waals surface area contributed by atoms with E-state index in [4.69, 9.17) is 9.84 Å². The average molecular weight is 208 g/mol. The molecule has 2 rings (SSSR count). The van der Waals surface area contributed by atoms with Gasteiger partial charge in [0.1, 0.15) is 11.9 Å². The second-order valence-electron chi connectivity index (χ2n) is 3.40. The molecule has 0 aliphatic carbocycles. The molecule has 0 fully saturated rings. The normalized spacial score (nSPS) is 18.1. The van der Waals surface area contributed by atoms with Crippen LogP contribution in [0.15, 0.2) is 18.2 Å². The number of aliphatic hydroxyl groups is 1. The Morgan fingerprint density at radius 3 is 3.13 bits per heavy atom. The third kappa shape index (κ3) is 1.68. The number of ether oxygens (including phenoxy) is 2. The minimum absolute atomic E-state index is 0.0463. The van der Waals surface area contributed by atoms with Crippen LogP contribution in [0.25, 0.3) is 0 Å². The molecule has 0 radical (unpaired) electrons. The minimum Gasteiger partial charge on any atom is -0.487 e. The Kier molecular flexibility index (Phi) is 2.60. The Bertz CT molecular complexity index is 386. The highest BCUT2D eigenvalue weighted by atomic mass is 16.5. The standard InChI is InChI=1S/C11H12O4/c1-14-11(13)8-3-2-4-10-9(8)5-7(6-12)15-10/h2-4,7,12H,5-6H2,1H3. The smallest absolute Gasteiger partial charge is 0.338 e. The lowest BCUT2D eigenvalue weighted by Gasteiger charge is -2.04.